The molecule has 0 fully saturated rings. The Hall–Kier alpha value is -2.04. The number of ketones is 1. The van der Waals surface area contributed by atoms with E-state index in [-0.39, 0.29) is 12.0 Å². The molecule has 0 saturated heterocycles. The zero-order valence-corrected chi connectivity index (χ0v) is 10.8. The Morgan fingerprint density at radius 2 is 2.05 bits per heavy atom. The molecule has 0 radical (unpaired) electrons. The van der Waals surface area contributed by atoms with Crippen LogP contribution >= 0.6 is 0 Å². The summed E-state index contributed by atoms with van der Waals surface area (Å²) in [7, 11) is 1.73. The molecule has 0 amide bonds. The van der Waals surface area contributed by atoms with Crippen molar-refractivity contribution in [3.63, 3.8) is 0 Å². The number of benzene rings is 1. The zero-order chi connectivity index (χ0) is 14.0. The number of rotatable bonds is 4. The van der Waals surface area contributed by atoms with Crippen molar-refractivity contribution < 1.29 is 13.6 Å². The molecule has 1 heterocycles. The number of halogens is 2. The molecule has 0 unspecified atom stereocenters. The van der Waals surface area contributed by atoms with Crippen molar-refractivity contribution in [3.05, 3.63) is 52.9 Å². The molecule has 5 heteroatoms. The number of Topliss-reactive ketones (excluding diaryl/α,β-unsaturated/α-hetero) is 1. The van der Waals surface area contributed by atoms with E-state index < -0.39 is 17.4 Å². The van der Waals surface area contributed by atoms with Gasteiger partial charge in [-0.25, -0.2) is 8.78 Å². The summed E-state index contributed by atoms with van der Waals surface area (Å²) in [5.74, 6) is -1.78. The first kappa shape index (κ1) is 13.4. The van der Waals surface area contributed by atoms with Gasteiger partial charge in [0.1, 0.15) is 11.6 Å². The molecule has 1 aromatic heterocycles. The highest BCUT2D eigenvalue weighted by Gasteiger charge is 2.15. The van der Waals surface area contributed by atoms with Crippen molar-refractivity contribution in [2.24, 2.45) is 7.05 Å². The zero-order valence-electron chi connectivity index (χ0n) is 10.8. The molecule has 0 saturated carbocycles. The maximum absolute atomic E-state index is 13.5. The number of carbonyl (C=O) groups excluding carboxylic acids is 1. The van der Waals surface area contributed by atoms with E-state index in [9.17, 15) is 13.6 Å². The second-order valence-corrected chi connectivity index (χ2v) is 4.33. The average molecular weight is 264 g/mol. The van der Waals surface area contributed by atoms with Crippen LogP contribution in [0.4, 0.5) is 8.78 Å². The Morgan fingerprint density at radius 1 is 1.32 bits per heavy atom. The van der Waals surface area contributed by atoms with Crippen LogP contribution in [0.5, 0.6) is 0 Å². The van der Waals surface area contributed by atoms with Gasteiger partial charge < -0.3 is 0 Å². The molecule has 19 heavy (non-hydrogen) atoms. The van der Waals surface area contributed by atoms with Gasteiger partial charge in [-0.05, 0) is 30.7 Å². The van der Waals surface area contributed by atoms with Crippen molar-refractivity contribution in [2.45, 2.75) is 19.8 Å². The van der Waals surface area contributed by atoms with Gasteiger partial charge >= 0.3 is 0 Å². The molecule has 0 atom stereocenters. The number of nitrogens with zero attached hydrogens (tertiary/aromatic N) is 2. The monoisotopic (exact) mass is 264 g/mol. The van der Waals surface area contributed by atoms with Crippen LogP contribution in [0.15, 0.2) is 24.3 Å². The summed E-state index contributed by atoms with van der Waals surface area (Å²) in [6.07, 6.45) is 0.764. The Morgan fingerprint density at radius 3 is 2.68 bits per heavy atom. The number of hydrogen-bond acceptors (Lipinski definition) is 2. The van der Waals surface area contributed by atoms with Crippen LogP contribution in [0.25, 0.3) is 0 Å². The molecule has 0 bridgehead atoms. The summed E-state index contributed by atoms with van der Waals surface area (Å²) in [5, 5.41) is 4.21. The summed E-state index contributed by atoms with van der Waals surface area (Å²) in [6, 6.07) is 4.68. The van der Waals surface area contributed by atoms with Gasteiger partial charge in [0.05, 0.1) is 17.7 Å². The van der Waals surface area contributed by atoms with Crippen molar-refractivity contribution in [1.82, 2.24) is 9.78 Å². The minimum atomic E-state index is -0.704. The lowest BCUT2D eigenvalue weighted by molar-refractivity contribution is 0.0986. The van der Waals surface area contributed by atoms with Crippen LogP contribution in [0.2, 0.25) is 0 Å². The van der Waals surface area contributed by atoms with Gasteiger partial charge in [-0.15, -0.1) is 0 Å². The Kier molecular flexibility index (Phi) is 3.74. The van der Waals surface area contributed by atoms with Gasteiger partial charge in [0.2, 0.25) is 0 Å². The Labute approximate surface area is 109 Å². The standard InChI is InChI=1S/C14H14F2N2O/c1-3-10-7-11(18(2)17-10)8-14(19)12-6-9(15)4-5-13(12)16/h4-7H,3,8H2,1-2H3. The molecular weight excluding hydrogens is 250 g/mol. The van der Waals surface area contributed by atoms with Gasteiger partial charge in [-0.1, -0.05) is 6.92 Å². The summed E-state index contributed by atoms with van der Waals surface area (Å²) in [6.45, 7) is 1.96. The van der Waals surface area contributed by atoms with E-state index in [1.807, 2.05) is 6.92 Å². The first-order chi connectivity index (χ1) is 9.01. The van der Waals surface area contributed by atoms with Crippen molar-refractivity contribution in [3.8, 4) is 0 Å². The Balaban J connectivity index is 2.25. The van der Waals surface area contributed by atoms with E-state index in [2.05, 4.69) is 5.10 Å². The molecule has 0 N–H and O–H groups in total. The minimum absolute atomic E-state index is 0.00384. The molecule has 0 spiro atoms. The molecule has 0 aliphatic rings. The summed E-state index contributed by atoms with van der Waals surface area (Å²) in [4.78, 5) is 12.0. The van der Waals surface area contributed by atoms with Gasteiger partial charge in [-0.3, -0.25) is 9.48 Å². The van der Waals surface area contributed by atoms with Crippen molar-refractivity contribution in [2.75, 3.05) is 0 Å². The molecular formula is C14H14F2N2O. The van der Waals surface area contributed by atoms with Crippen LogP contribution in [0, 0.1) is 11.6 Å². The minimum Gasteiger partial charge on any atom is -0.294 e. The van der Waals surface area contributed by atoms with Crippen LogP contribution in [0.3, 0.4) is 0 Å². The number of aromatic nitrogens is 2. The predicted molar refractivity (Wildman–Crippen MR) is 67.0 cm³/mol. The summed E-state index contributed by atoms with van der Waals surface area (Å²) in [5.41, 5.74) is 1.33. The largest absolute Gasteiger partial charge is 0.294 e. The molecule has 2 aromatic rings. The lowest BCUT2D eigenvalue weighted by atomic mass is 10.1. The third-order valence-corrected chi connectivity index (χ3v) is 2.96. The van der Waals surface area contributed by atoms with Gasteiger partial charge in [0.25, 0.3) is 0 Å². The molecule has 2 rings (SSSR count). The maximum atomic E-state index is 13.5. The third kappa shape index (κ3) is 2.86. The second-order valence-electron chi connectivity index (χ2n) is 4.33. The van der Waals surface area contributed by atoms with Crippen LogP contribution in [0.1, 0.15) is 28.7 Å². The second kappa shape index (κ2) is 5.30. The summed E-state index contributed by atoms with van der Waals surface area (Å²) >= 11 is 0. The van der Waals surface area contributed by atoms with Gasteiger partial charge in [0.15, 0.2) is 5.78 Å². The van der Waals surface area contributed by atoms with E-state index in [0.717, 1.165) is 30.3 Å². The van der Waals surface area contributed by atoms with Gasteiger partial charge in [0, 0.05) is 12.7 Å². The van der Waals surface area contributed by atoms with Crippen LogP contribution in [-0.4, -0.2) is 15.6 Å². The third-order valence-electron chi connectivity index (χ3n) is 2.96. The maximum Gasteiger partial charge on any atom is 0.171 e. The first-order valence-corrected chi connectivity index (χ1v) is 6.01. The normalized spacial score (nSPS) is 10.7. The highest BCUT2D eigenvalue weighted by molar-refractivity contribution is 5.97. The lowest BCUT2D eigenvalue weighted by Gasteiger charge is -2.03. The SMILES string of the molecule is CCc1cc(CC(=O)c2cc(F)ccc2F)n(C)n1. The van der Waals surface area contributed by atoms with Crippen LogP contribution < -0.4 is 0 Å². The fourth-order valence-corrected chi connectivity index (χ4v) is 1.88. The van der Waals surface area contributed by atoms with E-state index >= 15 is 0 Å². The predicted octanol–water partition coefficient (Wildman–Crippen LogP) is 2.69. The fourth-order valence-electron chi connectivity index (χ4n) is 1.88. The molecule has 0 aliphatic heterocycles. The highest BCUT2D eigenvalue weighted by Crippen LogP contribution is 2.14. The lowest BCUT2D eigenvalue weighted by Crippen LogP contribution is -2.10. The molecule has 3 nitrogen and oxygen atoms in total. The van der Waals surface area contributed by atoms with E-state index in [4.69, 9.17) is 0 Å². The Bertz CT molecular complexity index is 620. The van der Waals surface area contributed by atoms with Crippen molar-refractivity contribution >= 4 is 5.78 Å². The van der Waals surface area contributed by atoms with Crippen LogP contribution in [-0.2, 0) is 19.9 Å². The fraction of sp³-hybridized carbons (Fsp3) is 0.286. The molecule has 1 aromatic carbocycles. The molecule has 0 aliphatic carbocycles. The van der Waals surface area contributed by atoms with Gasteiger partial charge in [-0.2, -0.15) is 5.10 Å². The first-order valence-electron chi connectivity index (χ1n) is 6.01. The number of carbonyl (C=O) groups is 1. The van der Waals surface area contributed by atoms with Crippen molar-refractivity contribution in [1.29, 1.82) is 0 Å². The van der Waals surface area contributed by atoms with E-state index in [1.165, 1.54) is 0 Å². The number of aryl methyl sites for hydroxylation is 2. The van der Waals surface area contributed by atoms with E-state index in [0.29, 0.717) is 5.69 Å². The average Bonchev–Trinajstić information content (AvgIpc) is 2.73. The smallest absolute Gasteiger partial charge is 0.171 e. The quantitative estimate of drug-likeness (QED) is 0.796. The molecule has 100 valence electrons. The summed E-state index contributed by atoms with van der Waals surface area (Å²) < 4.78 is 28.1. The van der Waals surface area contributed by atoms with E-state index in [1.54, 1.807) is 17.8 Å². The topological polar surface area (TPSA) is 34.9 Å². The number of hydrogen-bond donors (Lipinski definition) is 0. The highest BCUT2D eigenvalue weighted by atomic mass is 19.1.